The zero-order valence-corrected chi connectivity index (χ0v) is 12.3. The van der Waals surface area contributed by atoms with Gasteiger partial charge in [0.25, 0.3) is 0 Å². The number of hydrogen-bond donors (Lipinski definition) is 0. The van der Waals surface area contributed by atoms with Gasteiger partial charge in [-0.15, -0.1) is 6.58 Å². The highest BCUT2D eigenvalue weighted by molar-refractivity contribution is 6.30. The van der Waals surface area contributed by atoms with Crippen LogP contribution in [0, 0.1) is 18.8 Å². The lowest BCUT2D eigenvalue weighted by Crippen LogP contribution is -1.94. The van der Waals surface area contributed by atoms with Gasteiger partial charge in [-0.3, -0.25) is 0 Å². The molecule has 2 aromatic rings. The molecule has 0 aromatic heterocycles. The Bertz CT molecular complexity index is 624. The number of rotatable bonds is 3. The van der Waals surface area contributed by atoms with Gasteiger partial charge in [0.1, 0.15) is 0 Å². The number of hydrogen-bond acceptors (Lipinski definition) is 0. The van der Waals surface area contributed by atoms with Crippen LogP contribution in [0.2, 0.25) is 5.02 Å². The van der Waals surface area contributed by atoms with E-state index < -0.39 is 0 Å². The van der Waals surface area contributed by atoms with Gasteiger partial charge in [-0.05, 0) is 43.2 Å². The molecule has 1 heteroatoms. The van der Waals surface area contributed by atoms with Crippen molar-refractivity contribution in [2.75, 3.05) is 0 Å². The lowest BCUT2D eigenvalue weighted by atomic mass is 9.96. The number of aryl methyl sites for hydroxylation is 1. The Hall–Kier alpha value is -1.97. The maximum atomic E-state index is 5.92. The Balaban J connectivity index is 2.23. The summed E-state index contributed by atoms with van der Waals surface area (Å²) in [5.74, 6) is 6.73. The Kier molecular flexibility index (Phi) is 5.04. The van der Waals surface area contributed by atoms with Gasteiger partial charge in [-0.2, -0.15) is 0 Å². The molecule has 1 atom stereocenters. The summed E-state index contributed by atoms with van der Waals surface area (Å²) >= 11 is 5.92. The molecule has 0 amide bonds. The second-order valence-corrected chi connectivity index (χ2v) is 5.20. The van der Waals surface area contributed by atoms with Gasteiger partial charge >= 0.3 is 0 Å². The predicted octanol–water partition coefficient (Wildman–Crippen LogP) is 5.36. The zero-order valence-electron chi connectivity index (χ0n) is 11.6. The first-order chi connectivity index (χ1) is 9.69. The SMILES string of the molecule is C=CCC(C#Cc1ccc(C)cc1)c1ccc(Cl)cc1. The van der Waals surface area contributed by atoms with E-state index in [0.717, 1.165) is 17.0 Å². The van der Waals surface area contributed by atoms with Crippen LogP contribution in [-0.2, 0) is 0 Å². The van der Waals surface area contributed by atoms with Crippen molar-refractivity contribution in [2.24, 2.45) is 0 Å². The molecule has 0 radical (unpaired) electrons. The molecular formula is C19H17Cl. The first-order valence-electron chi connectivity index (χ1n) is 6.63. The third-order valence-electron chi connectivity index (χ3n) is 3.12. The summed E-state index contributed by atoms with van der Waals surface area (Å²) in [7, 11) is 0. The summed E-state index contributed by atoms with van der Waals surface area (Å²) in [4.78, 5) is 0. The van der Waals surface area contributed by atoms with Crippen LogP contribution in [-0.4, -0.2) is 0 Å². The van der Waals surface area contributed by atoms with Crippen molar-refractivity contribution < 1.29 is 0 Å². The highest BCUT2D eigenvalue weighted by atomic mass is 35.5. The fourth-order valence-electron chi connectivity index (χ4n) is 1.95. The molecule has 0 nitrogen and oxygen atoms in total. The smallest absolute Gasteiger partial charge is 0.0490 e. The molecule has 100 valence electrons. The van der Waals surface area contributed by atoms with Gasteiger partial charge in [-0.1, -0.05) is 59.3 Å². The van der Waals surface area contributed by atoms with Crippen LogP contribution in [0.3, 0.4) is 0 Å². The average molecular weight is 281 g/mol. The van der Waals surface area contributed by atoms with E-state index in [1.807, 2.05) is 30.3 Å². The largest absolute Gasteiger partial charge is 0.103 e. The predicted molar refractivity (Wildman–Crippen MR) is 87.1 cm³/mol. The van der Waals surface area contributed by atoms with Gasteiger partial charge < -0.3 is 0 Å². The number of benzene rings is 2. The second kappa shape index (κ2) is 6.98. The standard InChI is InChI=1S/C19H17Cl/c1-3-4-17(18-11-13-19(20)14-12-18)10-9-16-7-5-15(2)6-8-16/h3,5-8,11-14,17H,1,4H2,2H3. The van der Waals surface area contributed by atoms with E-state index in [1.165, 1.54) is 11.1 Å². The molecule has 2 rings (SSSR count). The molecule has 0 bridgehead atoms. The van der Waals surface area contributed by atoms with Crippen LogP contribution >= 0.6 is 11.6 Å². The van der Waals surface area contributed by atoms with Gasteiger partial charge in [0.15, 0.2) is 0 Å². The van der Waals surface area contributed by atoms with Crippen LogP contribution in [0.4, 0.5) is 0 Å². The van der Waals surface area contributed by atoms with Crippen LogP contribution in [0.5, 0.6) is 0 Å². The summed E-state index contributed by atoms with van der Waals surface area (Å²) in [6.45, 7) is 5.89. The molecule has 20 heavy (non-hydrogen) atoms. The van der Waals surface area contributed by atoms with E-state index in [9.17, 15) is 0 Å². The first kappa shape index (κ1) is 14.4. The first-order valence-corrected chi connectivity index (χ1v) is 7.01. The van der Waals surface area contributed by atoms with Crippen molar-refractivity contribution in [3.05, 3.63) is 82.9 Å². The highest BCUT2D eigenvalue weighted by Gasteiger charge is 2.06. The lowest BCUT2D eigenvalue weighted by Gasteiger charge is -2.08. The maximum Gasteiger partial charge on any atom is 0.0490 e. The topological polar surface area (TPSA) is 0 Å². The molecule has 0 aliphatic rings. The minimum Gasteiger partial charge on any atom is -0.103 e. The van der Waals surface area contributed by atoms with Crippen LogP contribution in [0.25, 0.3) is 0 Å². The molecular weight excluding hydrogens is 264 g/mol. The minimum absolute atomic E-state index is 0.158. The molecule has 0 aliphatic carbocycles. The summed E-state index contributed by atoms with van der Waals surface area (Å²) < 4.78 is 0. The zero-order chi connectivity index (χ0) is 14.4. The molecule has 0 saturated carbocycles. The van der Waals surface area contributed by atoms with E-state index in [4.69, 9.17) is 11.6 Å². The van der Waals surface area contributed by atoms with Crippen LogP contribution in [0.1, 0.15) is 29.0 Å². The second-order valence-electron chi connectivity index (χ2n) is 4.76. The summed E-state index contributed by atoms with van der Waals surface area (Å²) in [5, 5.41) is 0.748. The third-order valence-corrected chi connectivity index (χ3v) is 3.37. The van der Waals surface area contributed by atoms with Crippen molar-refractivity contribution in [2.45, 2.75) is 19.3 Å². The lowest BCUT2D eigenvalue weighted by molar-refractivity contribution is 0.894. The van der Waals surface area contributed by atoms with E-state index in [2.05, 4.69) is 49.6 Å². The molecule has 0 aliphatic heterocycles. The monoisotopic (exact) mass is 280 g/mol. The molecule has 1 unspecified atom stereocenters. The fourth-order valence-corrected chi connectivity index (χ4v) is 2.07. The molecule has 0 N–H and O–H groups in total. The Morgan fingerprint density at radius 2 is 1.75 bits per heavy atom. The van der Waals surface area contributed by atoms with Crippen molar-refractivity contribution in [1.29, 1.82) is 0 Å². The fraction of sp³-hybridized carbons (Fsp3) is 0.158. The Labute approximate surface area is 126 Å². The quantitative estimate of drug-likeness (QED) is 0.524. The molecule has 0 spiro atoms. The van der Waals surface area contributed by atoms with E-state index in [-0.39, 0.29) is 5.92 Å². The molecule has 2 aromatic carbocycles. The maximum absolute atomic E-state index is 5.92. The molecule has 0 fully saturated rings. The van der Waals surface area contributed by atoms with Crippen molar-refractivity contribution >= 4 is 11.6 Å². The molecule has 0 saturated heterocycles. The van der Waals surface area contributed by atoms with Gasteiger partial charge in [0.05, 0.1) is 0 Å². The van der Waals surface area contributed by atoms with Gasteiger partial charge in [0.2, 0.25) is 0 Å². The third kappa shape index (κ3) is 4.02. The van der Waals surface area contributed by atoms with Gasteiger partial charge in [0, 0.05) is 16.5 Å². The Morgan fingerprint density at radius 1 is 1.10 bits per heavy atom. The summed E-state index contributed by atoms with van der Waals surface area (Å²) in [6.07, 6.45) is 2.74. The van der Waals surface area contributed by atoms with E-state index >= 15 is 0 Å². The van der Waals surface area contributed by atoms with Crippen molar-refractivity contribution in [3.8, 4) is 11.8 Å². The number of halogens is 1. The molecule has 0 heterocycles. The van der Waals surface area contributed by atoms with Crippen molar-refractivity contribution in [1.82, 2.24) is 0 Å². The minimum atomic E-state index is 0.158. The summed E-state index contributed by atoms with van der Waals surface area (Å²) in [5.41, 5.74) is 3.46. The normalized spacial score (nSPS) is 11.3. The highest BCUT2D eigenvalue weighted by Crippen LogP contribution is 2.21. The van der Waals surface area contributed by atoms with Crippen LogP contribution < -0.4 is 0 Å². The summed E-state index contributed by atoms with van der Waals surface area (Å²) in [6, 6.07) is 16.1. The van der Waals surface area contributed by atoms with E-state index in [1.54, 1.807) is 0 Å². The van der Waals surface area contributed by atoms with Gasteiger partial charge in [-0.25, -0.2) is 0 Å². The van der Waals surface area contributed by atoms with Crippen LogP contribution in [0.15, 0.2) is 61.2 Å². The van der Waals surface area contributed by atoms with Crippen molar-refractivity contribution in [3.63, 3.8) is 0 Å². The van der Waals surface area contributed by atoms with E-state index in [0.29, 0.717) is 0 Å². The Morgan fingerprint density at radius 3 is 2.35 bits per heavy atom. The average Bonchev–Trinajstić information content (AvgIpc) is 2.46. The number of allylic oxidation sites excluding steroid dienone is 1.